The number of hydrogen-bond acceptors (Lipinski definition) is 11. The van der Waals surface area contributed by atoms with Gasteiger partial charge >= 0.3 is 12.1 Å². The van der Waals surface area contributed by atoms with Crippen LogP contribution in [0.4, 0.5) is 4.79 Å². The van der Waals surface area contributed by atoms with Crippen LogP contribution in [0.15, 0.2) is 109 Å². The lowest BCUT2D eigenvalue weighted by Gasteiger charge is -2.33. The van der Waals surface area contributed by atoms with Crippen LogP contribution in [-0.2, 0) is 62.5 Å². The van der Waals surface area contributed by atoms with E-state index in [2.05, 4.69) is 31.9 Å². The van der Waals surface area contributed by atoms with Crippen molar-refractivity contribution >= 4 is 47.4 Å². The number of rotatable bonds is 15. The van der Waals surface area contributed by atoms with Gasteiger partial charge in [0.15, 0.2) is 6.04 Å². The average molecular weight is 973 g/mol. The molecule has 6 N–H and O–H groups in total. The van der Waals surface area contributed by atoms with E-state index in [0.29, 0.717) is 47.5 Å². The Balaban J connectivity index is 1.20. The van der Waals surface area contributed by atoms with Crippen LogP contribution >= 0.6 is 0 Å². The largest absolute Gasteiger partial charge is 0.459 e. The minimum absolute atomic E-state index is 0.0307. The van der Waals surface area contributed by atoms with Crippen LogP contribution in [-0.4, -0.2) is 83.7 Å². The maximum atomic E-state index is 14.6. The van der Waals surface area contributed by atoms with Crippen molar-refractivity contribution in [3.8, 4) is 11.5 Å². The number of fused-ring (bicyclic) bond motifs is 10. The van der Waals surface area contributed by atoms with Crippen LogP contribution in [0.25, 0.3) is 0 Å². The fourth-order valence-electron chi connectivity index (χ4n) is 8.47. The van der Waals surface area contributed by atoms with E-state index in [4.69, 9.17) is 14.2 Å². The monoisotopic (exact) mass is 972 g/mol. The zero-order valence-electron chi connectivity index (χ0n) is 40.6. The molecule has 0 spiro atoms. The first-order chi connectivity index (χ1) is 34.0. The summed E-state index contributed by atoms with van der Waals surface area (Å²) in [5.41, 5.74) is 1.60. The lowest BCUT2D eigenvalue weighted by molar-refractivity contribution is -0.149. The summed E-state index contributed by atoms with van der Waals surface area (Å²) < 4.78 is 17.2. The van der Waals surface area contributed by atoms with Gasteiger partial charge in [0.25, 0.3) is 5.91 Å². The number of carbonyl (C=O) groups is 8. The third-order valence-corrected chi connectivity index (χ3v) is 12.0. The second-order valence-electron chi connectivity index (χ2n) is 18.8. The highest BCUT2D eigenvalue weighted by molar-refractivity contribution is 6.38. The van der Waals surface area contributed by atoms with E-state index >= 15 is 0 Å². The third-order valence-electron chi connectivity index (χ3n) is 12.0. The summed E-state index contributed by atoms with van der Waals surface area (Å²) in [6.07, 6.45) is 3.34. The predicted octanol–water partition coefficient (Wildman–Crippen LogP) is 5.59. The number of nitrogens with one attached hydrogen (secondary N) is 6. The minimum atomic E-state index is -1.37. The second kappa shape index (κ2) is 25.3. The summed E-state index contributed by atoms with van der Waals surface area (Å²) in [5, 5.41) is 16.1. The van der Waals surface area contributed by atoms with Gasteiger partial charge < -0.3 is 46.1 Å². The first-order valence-electron chi connectivity index (χ1n) is 24.2. The molecule has 1 fully saturated rings. The molecule has 5 atom stereocenters. The van der Waals surface area contributed by atoms with Crippen molar-refractivity contribution in [3.05, 3.63) is 131 Å². The van der Waals surface area contributed by atoms with Gasteiger partial charge in [0, 0.05) is 12.8 Å². The Bertz CT molecular complexity index is 2490. The fraction of sp³-hybridized carbons (Fsp3) is 0.407. The molecule has 17 nitrogen and oxygen atoms in total. The Kier molecular flexibility index (Phi) is 18.8. The van der Waals surface area contributed by atoms with Crippen molar-refractivity contribution in [1.29, 1.82) is 0 Å². The molecule has 7 rings (SSSR count). The Hall–Kier alpha value is -7.56. The summed E-state index contributed by atoms with van der Waals surface area (Å²) in [7, 11) is 0. The van der Waals surface area contributed by atoms with Gasteiger partial charge in [0.2, 0.25) is 29.4 Å². The van der Waals surface area contributed by atoms with Crippen molar-refractivity contribution < 1.29 is 52.6 Å². The molecule has 4 aromatic rings. The summed E-state index contributed by atoms with van der Waals surface area (Å²) >= 11 is 0. The first-order valence-corrected chi connectivity index (χ1v) is 24.2. The van der Waals surface area contributed by atoms with Crippen molar-refractivity contribution in [2.24, 2.45) is 5.92 Å². The Labute approximate surface area is 413 Å². The number of ketones is 1. The molecular formula is C54H64N6O11. The van der Waals surface area contributed by atoms with E-state index in [-0.39, 0.29) is 31.8 Å². The second-order valence-corrected chi connectivity index (χ2v) is 18.8. The molecule has 1 saturated carbocycles. The number of alkyl carbamates (subject to hydrolysis) is 1. The third kappa shape index (κ3) is 16.3. The van der Waals surface area contributed by atoms with E-state index in [1.165, 1.54) is 0 Å². The van der Waals surface area contributed by atoms with Crippen molar-refractivity contribution in [3.63, 3.8) is 0 Å². The summed E-state index contributed by atoms with van der Waals surface area (Å²) in [6, 6.07) is 25.2. The summed E-state index contributed by atoms with van der Waals surface area (Å²) in [4.78, 5) is 110. The minimum Gasteiger partial charge on any atom is -0.459 e. The highest BCUT2D eigenvalue weighted by Gasteiger charge is 2.37. The molecule has 0 saturated heterocycles. The van der Waals surface area contributed by atoms with E-state index in [9.17, 15) is 38.4 Å². The van der Waals surface area contributed by atoms with Crippen molar-refractivity contribution in [2.45, 2.75) is 128 Å². The number of amides is 6. The number of hydrogen-bond donors (Lipinski definition) is 6. The molecule has 6 amide bonds. The molecule has 2 aliphatic heterocycles. The molecule has 4 aromatic carbocycles. The summed E-state index contributed by atoms with van der Waals surface area (Å²) in [6.45, 7) is 6.14. The molecule has 0 aromatic heterocycles. The molecule has 1 aliphatic carbocycles. The number of benzene rings is 4. The average Bonchev–Trinajstić information content (AvgIpc) is 3.35. The van der Waals surface area contributed by atoms with Crippen LogP contribution in [0, 0.1) is 5.92 Å². The van der Waals surface area contributed by atoms with Crippen LogP contribution in [0.3, 0.4) is 0 Å². The van der Waals surface area contributed by atoms with E-state index in [0.717, 1.165) is 24.8 Å². The zero-order valence-corrected chi connectivity index (χ0v) is 40.6. The maximum Gasteiger partial charge on any atom is 0.408 e. The van der Waals surface area contributed by atoms with Crippen molar-refractivity contribution in [2.75, 3.05) is 6.54 Å². The molecular weight excluding hydrogens is 909 g/mol. The topological polar surface area (TPSA) is 236 Å². The number of ether oxygens (including phenoxy) is 3. The van der Waals surface area contributed by atoms with Gasteiger partial charge in [0.1, 0.15) is 41.8 Å². The molecule has 0 radical (unpaired) electrons. The van der Waals surface area contributed by atoms with E-state index in [1.54, 1.807) is 131 Å². The van der Waals surface area contributed by atoms with Crippen LogP contribution in [0.5, 0.6) is 11.5 Å². The molecule has 376 valence electrons. The fourth-order valence-corrected chi connectivity index (χ4v) is 8.47. The van der Waals surface area contributed by atoms with Gasteiger partial charge in [-0.3, -0.25) is 28.8 Å². The first kappa shape index (κ1) is 52.8. The molecule has 4 bridgehead atoms. The quantitative estimate of drug-likeness (QED) is 0.0635. The maximum absolute atomic E-state index is 14.6. The van der Waals surface area contributed by atoms with E-state index < -0.39 is 89.7 Å². The van der Waals surface area contributed by atoms with Crippen LogP contribution in [0.2, 0.25) is 0 Å². The van der Waals surface area contributed by atoms with Gasteiger partial charge in [-0.25, -0.2) is 9.59 Å². The smallest absolute Gasteiger partial charge is 0.408 e. The Morgan fingerprint density at radius 3 is 2.11 bits per heavy atom. The van der Waals surface area contributed by atoms with Gasteiger partial charge in [-0.2, -0.15) is 0 Å². The normalized spacial score (nSPS) is 18.4. The highest BCUT2D eigenvalue weighted by Crippen LogP contribution is 2.28. The number of Topliss-reactive ketones (excluding diaryl/α,β-unsaturated/α-hetero) is 1. The van der Waals surface area contributed by atoms with Gasteiger partial charge in [-0.15, -0.1) is 0 Å². The molecule has 17 heteroatoms. The standard InChI is InChI=1S/C54H64N6O11/c1-5-16-41(47(62)51(66)55-32-44(61)59-46(38-22-13-8-14-23-38)52(67)69-33-35-17-9-6-10-18-35)56-48(63)42-31-36-19-15-24-40(29-36)70-39-27-25-34(26-28-39)30-43(58-53(68)71-54(2,3)4)49(64)60-45(50(65)57-42)37-20-11-7-12-21-37/h6,8-10,13-15,17-19,22-29,37,41-43,45-46H,5,7,11-12,16,20-21,30-33H2,1-4H3,(H,55,66)(H,56,63)(H,57,65)(H,58,68)(H,59,61)(H,60,64)/t41?,42-,43?,45-,46-/m0/s1. The lowest BCUT2D eigenvalue weighted by Crippen LogP contribution is -2.60. The van der Waals surface area contributed by atoms with Crippen LogP contribution in [0.1, 0.15) is 101 Å². The van der Waals surface area contributed by atoms with E-state index in [1.807, 2.05) is 6.07 Å². The lowest BCUT2D eigenvalue weighted by atomic mass is 9.83. The van der Waals surface area contributed by atoms with Crippen molar-refractivity contribution in [1.82, 2.24) is 31.9 Å². The SMILES string of the molecule is CCCC(NC(=O)[C@@H]1Cc2cccc(c2)Oc2ccc(cc2)CC(NC(=O)OC(C)(C)C)C(=O)N[C@@H](C2CCCCC2)C(=O)N1)C(=O)C(=O)NCC(=O)N[C@H](C(=O)OCc1ccccc1)c1ccccc1. The molecule has 71 heavy (non-hydrogen) atoms. The van der Waals surface area contributed by atoms with Gasteiger partial charge in [0.05, 0.1) is 12.6 Å². The number of carbonyl (C=O) groups excluding carboxylic acids is 8. The number of esters is 1. The van der Waals surface area contributed by atoms with Gasteiger partial charge in [-0.1, -0.05) is 118 Å². The predicted molar refractivity (Wildman–Crippen MR) is 262 cm³/mol. The summed E-state index contributed by atoms with van der Waals surface area (Å²) in [5.74, 6) is -5.19. The Morgan fingerprint density at radius 1 is 0.746 bits per heavy atom. The molecule has 3 aliphatic rings. The van der Waals surface area contributed by atoms with Crippen LogP contribution < -0.4 is 36.6 Å². The molecule has 2 unspecified atom stereocenters. The zero-order chi connectivity index (χ0) is 50.9. The molecule has 2 heterocycles. The van der Waals surface area contributed by atoms with Gasteiger partial charge in [-0.05, 0) is 92.5 Å². The Morgan fingerprint density at radius 2 is 1.44 bits per heavy atom. The highest BCUT2D eigenvalue weighted by atomic mass is 16.6.